The van der Waals surface area contributed by atoms with Crippen molar-refractivity contribution in [3.8, 4) is 0 Å². The van der Waals surface area contributed by atoms with E-state index in [-0.39, 0.29) is 31.1 Å². The fourth-order valence-electron chi connectivity index (χ4n) is 5.60. The number of benzene rings is 1. The predicted molar refractivity (Wildman–Crippen MR) is 140 cm³/mol. The Bertz CT molecular complexity index is 1180. The Kier molecular flexibility index (Phi) is 8.32. The molecule has 1 amide bonds. The van der Waals surface area contributed by atoms with Crippen molar-refractivity contribution in [3.05, 3.63) is 89.3 Å². The molecule has 8 nitrogen and oxygen atoms in total. The first kappa shape index (κ1) is 26.3. The Morgan fingerprint density at radius 2 is 1.84 bits per heavy atom. The maximum atomic E-state index is 14.0. The van der Waals surface area contributed by atoms with Crippen LogP contribution in [0.5, 0.6) is 0 Å². The third-order valence-corrected chi connectivity index (χ3v) is 7.65. The summed E-state index contributed by atoms with van der Waals surface area (Å²) in [6, 6.07) is 12.1. The normalized spacial score (nSPS) is 24.3. The standard InChI is InChI=1S/C30H34N2O6/c1-36-26-12-11-22-18-32(29(33)27(21-7-3-2-4-8-21)38-23-9-5-6-10-23)25(30(34)35)17-24(22)28(26)37-19-20-13-15-31-16-14-20/h2-4,7-8,11-16,23,25-28H,5-6,9-10,17-19H2,1H3,(H,34,35)/t25-,26?,27?,28?/m0/s1. The summed E-state index contributed by atoms with van der Waals surface area (Å²) in [5, 5.41) is 10.2. The number of pyridine rings is 1. The van der Waals surface area contributed by atoms with Crippen LogP contribution in [0.25, 0.3) is 0 Å². The van der Waals surface area contributed by atoms with E-state index >= 15 is 0 Å². The molecule has 0 radical (unpaired) electrons. The zero-order valence-electron chi connectivity index (χ0n) is 21.6. The van der Waals surface area contributed by atoms with Gasteiger partial charge < -0.3 is 24.2 Å². The van der Waals surface area contributed by atoms with Crippen molar-refractivity contribution < 1.29 is 28.9 Å². The van der Waals surface area contributed by atoms with E-state index in [1.54, 1.807) is 19.5 Å². The number of methoxy groups -OCH3 is 1. The maximum Gasteiger partial charge on any atom is 0.326 e. The average Bonchev–Trinajstić information content (AvgIpc) is 3.48. The van der Waals surface area contributed by atoms with E-state index in [2.05, 4.69) is 4.98 Å². The summed E-state index contributed by atoms with van der Waals surface area (Å²) in [5.41, 5.74) is 3.45. The van der Waals surface area contributed by atoms with Crippen LogP contribution in [-0.4, -0.2) is 64.9 Å². The highest BCUT2D eigenvalue weighted by atomic mass is 16.5. The van der Waals surface area contributed by atoms with Crippen molar-refractivity contribution in [2.24, 2.45) is 0 Å². The second-order valence-corrected chi connectivity index (χ2v) is 10.1. The SMILES string of the molecule is COC1C=CC2=C(C[C@@H](C(=O)O)N(C(=O)C(OC3CCCC3)c3ccccc3)C2)C1OCc1ccncc1. The Hall–Kier alpha value is -3.33. The Labute approximate surface area is 222 Å². The summed E-state index contributed by atoms with van der Waals surface area (Å²) in [5.74, 6) is -1.37. The third-order valence-electron chi connectivity index (χ3n) is 7.65. The maximum absolute atomic E-state index is 14.0. The van der Waals surface area contributed by atoms with Gasteiger partial charge in [0.2, 0.25) is 0 Å². The summed E-state index contributed by atoms with van der Waals surface area (Å²) < 4.78 is 18.3. The van der Waals surface area contributed by atoms with E-state index in [4.69, 9.17) is 14.2 Å². The summed E-state index contributed by atoms with van der Waals surface area (Å²) >= 11 is 0. The number of carbonyl (C=O) groups excluding carboxylic acids is 1. The number of carboxylic acid groups (broad SMARTS) is 1. The lowest BCUT2D eigenvalue weighted by Gasteiger charge is -2.41. The average molecular weight is 519 g/mol. The van der Waals surface area contributed by atoms with Crippen LogP contribution < -0.4 is 0 Å². The number of rotatable bonds is 9. The fraction of sp³-hybridized carbons (Fsp3) is 0.433. The van der Waals surface area contributed by atoms with Gasteiger partial charge >= 0.3 is 5.97 Å². The van der Waals surface area contributed by atoms with Crippen LogP contribution in [0, 0.1) is 0 Å². The molecule has 3 aliphatic rings. The molecule has 1 N–H and O–H groups in total. The Morgan fingerprint density at radius 3 is 2.53 bits per heavy atom. The van der Waals surface area contributed by atoms with Crippen LogP contribution in [0.4, 0.5) is 0 Å². The molecule has 4 atom stereocenters. The molecule has 0 spiro atoms. The van der Waals surface area contributed by atoms with Crippen LogP contribution in [0.2, 0.25) is 0 Å². The van der Waals surface area contributed by atoms with Crippen LogP contribution >= 0.6 is 0 Å². The fourth-order valence-corrected chi connectivity index (χ4v) is 5.60. The highest BCUT2D eigenvalue weighted by molar-refractivity contribution is 5.88. The topological polar surface area (TPSA) is 98.2 Å². The van der Waals surface area contributed by atoms with Gasteiger partial charge in [-0.1, -0.05) is 55.3 Å². The minimum Gasteiger partial charge on any atom is -0.480 e. The number of carbonyl (C=O) groups is 2. The largest absolute Gasteiger partial charge is 0.480 e. The zero-order chi connectivity index (χ0) is 26.5. The second-order valence-electron chi connectivity index (χ2n) is 10.1. The second kappa shape index (κ2) is 12.0. The molecule has 2 heterocycles. The molecule has 38 heavy (non-hydrogen) atoms. The molecular weight excluding hydrogens is 484 g/mol. The van der Waals surface area contributed by atoms with Gasteiger partial charge in [-0.3, -0.25) is 9.78 Å². The van der Waals surface area contributed by atoms with E-state index in [9.17, 15) is 14.7 Å². The smallest absolute Gasteiger partial charge is 0.326 e. The molecule has 3 unspecified atom stereocenters. The van der Waals surface area contributed by atoms with Crippen molar-refractivity contribution in [1.82, 2.24) is 9.88 Å². The number of aromatic nitrogens is 1. The Balaban J connectivity index is 1.42. The third kappa shape index (κ3) is 5.72. The van der Waals surface area contributed by atoms with Crippen molar-refractivity contribution in [2.45, 2.75) is 69.2 Å². The monoisotopic (exact) mass is 518 g/mol. The van der Waals surface area contributed by atoms with E-state index in [0.717, 1.165) is 48.0 Å². The quantitative estimate of drug-likeness (QED) is 0.530. The Morgan fingerprint density at radius 1 is 1.11 bits per heavy atom. The molecule has 2 aromatic rings. The first-order chi connectivity index (χ1) is 18.5. The van der Waals surface area contributed by atoms with E-state index in [0.29, 0.717) is 6.61 Å². The molecule has 200 valence electrons. The number of hydrogen-bond donors (Lipinski definition) is 1. The van der Waals surface area contributed by atoms with Gasteiger partial charge in [0.15, 0.2) is 6.10 Å². The predicted octanol–water partition coefficient (Wildman–Crippen LogP) is 4.23. The summed E-state index contributed by atoms with van der Waals surface area (Å²) in [6.07, 6.45) is 9.74. The van der Waals surface area contributed by atoms with Gasteiger partial charge in [0.25, 0.3) is 5.91 Å². The molecule has 1 aromatic heterocycles. The van der Waals surface area contributed by atoms with Gasteiger partial charge in [-0.2, -0.15) is 0 Å². The van der Waals surface area contributed by atoms with Crippen molar-refractivity contribution in [1.29, 1.82) is 0 Å². The molecule has 5 rings (SSSR count). The summed E-state index contributed by atoms with van der Waals surface area (Å²) in [7, 11) is 1.61. The van der Waals surface area contributed by atoms with Gasteiger partial charge in [0, 0.05) is 32.5 Å². The zero-order valence-corrected chi connectivity index (χ0v) is 21.6. The van der Waals surface area contributed by atoms with Gasteiger partial charge in [0.1, 0.15) is 18.2 Å². The minimum absolute atomic E-state index is 0.00462. The number of ether oxygens (including phenoxy) is 3. The van der Waals surface area contributed by atoms with E-state index in [1.165, 1.54) is 4.90 Å². The number of aliphatic carboxylic acids is 1. The highest BCUT2D eigenvalue weighted by Crippen LogP contribution is 2.37. The molecular formula is C30H34N2O6. The van der Waals surface area contributed by atoms with Crippen molar-refractivity contribution >= 4 is 11.9 Å². The first-order valence-corrected chi connectivity index (χ1v) is 13.2. The minimum atomic E-state index is -1.05. The number of amides is 1. The molecule has 1 fully saturated rings. The molecule has 1 aromatic carbocycles. The number of hydrogen-bond acceptors (Lipinski definition) is 6. The van der Waals surface area contributed by atoms with Crippen LogP contribution in [-0.2, 0) is 30.4 Å². The summed E-state index contributed by atoms with van der Waals surface area (Å²) in [6.45, 7) is 0.508. The van der Waals surface area contributed by atoms with Crippen LogP contribution in [0.1, 0.15) is 49.3 Å². The number of nitrogens with zero attached hydrogens (tertiary/aromatic N) is 2. The highest BCUT2D eigenvalue weighted by Gasteiger charge is 2.43. The molecule has 0 saturated heterocycles. The van der Waals surface area contributed by atoms with Crippen molar-refractivity contribution in [2.75, 3.05) is 13.7 Å². The first-order valence-electron chi connectivity index (χ1n) is 13.2. The molecule has 1 aliphatic heterocycles. The van der Waals surface area contributed by atoms with Crippen LogP contribution in [0.3, 0.4) is 0 Å². The molecule has 8 heteroatoms. The molecule has 1 saturated carbocycles. The van der Waals surface area contributed by atoms with Crippen molar-refractivity contribution in [3.63, 3.8) is 0 Å². The lowest BCUT2D eigenvalue weighted by Crippen LogP contribution is -2.53. The van der Waals surface area contributed by atoms with Gasteiger partial charge in [-0.05, 0) is 47.2 Å². The lowest BCUT2D eigenvalue weighted by molar-refractivity contribution is -0.159. The summed E-state index contributed by atoms with van der Waals surface area (Å²) in [4.78, 5) is 32.1. The van der Waals surface area contributed by atoms with E-state index in [1.807, 2.05) is 54.6 Å². The molecule has 0 bridgehead atoms. The lowest BCUT2D eigenvalue weighted by atomic mass is 9.84. The molecule has 2 aliphatic carbocycles. The van der Waals surface area contributed by atoms with Gasteiger partial charge in [-0.25, -0.2) is 4.79 Å². The van der Waals surface area contributed by atoms with Gasteiger partial charge in [0.05, 0.1) is 12.7 Å². The number of carboxylic acids is 1. The van der Waals surface area contributed by atoms with Gasteiger partial charge in [-0.15, -0.1) is 0 Å². The van der Waals surface area contributed by atoms with E-state index < -0.39 is 24.2 Å². The van der Waals surface area contributed by atoms with Crippen LogP contribution in [0.15, 0.2) is 78.2 Å².